The molecule has 0 bridgehead atoms. The summed E-state index contributed by atoms with van der Waals surface area (Å²) in [7, 11) is 2.20. The molecule has 0 saturated heterocycles. The maximum atomic E-state index is 10.1. The number of hydrogen-bond donors (Lipinski definition) is 1. The fraction of sp³-hybridized carbons (Fsp3) is 0.193. The molecule has 0 saturated carbocycles. The van der Waals surface area contributed by atoms with Gasteiger partial charge in [0.2, 0.25) is 0 Å². The van der Waals surface area contributed by atoms with Crippen molar-refractivity contribution < 1.29 is 30.0 Å². The Hall–Kier alpha value is -6.53. The first kappa shape index (κ1) is 45.5. The number of hydrogen-bond acceptors (Lipinski definition) is 5. The van der Waals surface area contributed by atoms with Crippen LogP contribution in [0.15, 0.2) is 164 Å². The van der Waals surface area contributed by atoms with Gasteiger partial charge < -0.3 is 10.0 Å². The van der Waals surface area contributed by atoms with Crippen LogP contribution in [-0.2, 0) is 25.5 Å². The van der Waals surface area contributed by atoms with Gasteiger partial charge in [0.25, 0.3) is 0 Å². The van der Waals surface area contributed by atoms with Crippen molar-refractivity contribution in [2.24, 2.45) is 0 Å². The van der Waals surface area contributed by atoms with Gasteiger partial charge in [-0.1, -0.05) is 132 Å². The average Bonchev–Trinajstić information content (AvgIpc) is 3.32. The van der Waals surface area contributed by atoms with Gasteiger partial charge in [0.05, 0.1) is 11.1 Å². The van der Waals surface area contributed by atoms with Crippen molar-refractivity contribution in [1.82, 2.24) is 15.0 Å². The van der Waals surface area contributed by atoms with E-state index in [9.17, 15) is 4.79 Å². The monoisotopic (exact) mass is 1020 g/mol. The standard InChI is InChI=1S/C51H47N3.C6H5NO2.Ir/c1-33(2)39-19-11-12-20-42(39)37-26-28-43-46(31-37)54(7)47-32-38(50-40(34(3)4)21-15-22-41(50)35(5)6)27-29-44(47)51(43,48-24-13-14-30-52-48)49-25-16-23-45(53-49)36-17-9-8-10-18-36;8-6(9)5-3-1-2-4-7-5;/h8-17,19-27,29-35H,1-7H3;1-4H,(H,8,9);/q-2;;/t51-;;/m1../s1. The van der Waals surface area contributed by atoms with Crippen LogP contribution in [0.3, 0.4) is 0 Å². The van der Waals surface area contributed by atoms with Crippen LogP contribution in [0.1, 0.15) is 109 Å². The minimum atomic E-state index is -0.990. The van der Waals surface area contributed by atoms with Gasteiger partial charge >= 0.3 is 5.97 Å². The molecule has 1 radical (unpaired) electrons. The molecule has 5 aromatic carbocycles. The summed E-state index contributed by atoms with van der Waals surface area (Å²) in [5.41, 5.74) is 16.2. The predicted molar refractivity (Wildman–Crippen MR) is 256 cm³/mol. The van der Waals surface area contributed by atoms with Crippen LogP contribution in [0.4, 0.5) is 11.4 Å². The van der Waals surface area contributed by atoms with Gasteiger partial charge in [0.15, 0.2) is 0 Å². The third-order valence-electron chi connectivity index (χ3n) is 12.0. The van der Waals surface area contributed by atoms with E-state index in [1.807, 2.05) is 30.5 Å². The first-order chi connectivity index (χ1) is 30.5. The minimum absolute atomic E-state index is 0. The maximum Gasteiger partial charge on any atom is 0.354 e. The zero-order chi connectivity index (χ0) is 44.3. The summed E-state index contributed by atoms with van der Waals surface area (Å²) in [6.45, 7) is 13.7. The van der Waals surface area contributed by atoms with Gasteiger partial charge in [-0.15, -0.1) is 53.1 Å². The van der Waals surface area contributed by atoms with Gasteiger partial charge in [-0.25, -0.2) is 9.78 Å². The number of fused-ring (bicyclic) bond motifs is 2. The Kier molecular flexibility index (Phi) is 13.8. The van der Waals surface area contributed by atoms with E-state index in [0.29, 0.717) is 17.8 Å². The van der Waals surface area contributed by atoms with E-state index >= 15 is 0 Å². The largest absolute Gasteiger partial charge is 0.477 e. The molecule has 3 aromatic heterocycles. The second-order valence-electron chi connectivity index (χ2n) is 17.0. The molecule has 0 fully saturated rings. The number of pyridine rings is 3. The zero-order valence-electron chi connectivity index (χ0n) is 37.3. The molecule has 1 aliphatic heterocycles. The Bertz CT molecular complexity index is 2850. The van der Waals surface area contributed by atoms with E-state index in [2.05, 4.69) is 180 Å². The summed E-state index contributed by atoms with van der Waals surface area (Å²) in [4.78, 5) is 26.8. The quantitative estimate of drug-likeness (QED) is 0.145. The van der Waals surface area contributed by atoms with E-state index < -0.39 is 11.4 Å². The van der Waals surface area contributed by atoms with Crippen LogP contribution in [0.25, 0.3) is 33.5 Å². The molecule has 9 rings (SSSR count). The molecule has 1 aliphatic rings. The molecule has 0 aliphatic carbocycles. The van der Waals surface area contributed by atoms with Gasteiger partial charge in [0, 0.05) is 43.9 Å². The number of nitrogens with zero attached hydrogens (tertiary/aromatic N) is 4. The van der Waals surface area contributed by atoms with Crippen LogP contribution in [0.5, 0.6) is 0 Å². The van der Waals surface area contributed by atoms with E-state index in [4.69, 9.17) is 15.1 Å². The number of aromatic carboxylic acids is 1. The summed E-state index contributed by atoms with van der Waals surface area (Å²) < 4.78 is 0. The summed E-state index contributed by atoms with van der Waals surface area (Å²) in [5, 5.41) is 8.32. The van der Waals surface area contributed by atoms with Gasteiger partial charge in [-0.05, 0) is 100 Å². The van der Waals surface area contributed by atoms with Crippen molar-refractivity contribution in [2.75, 3.05) is 11.9 Å². The minimum Gasteiger partial charge on any atom is -0.477 e. The van der Waals surface area contributed by atoms with E-state index in [-0.39, 0.29) is 25.8 Å². The number of carboxylic acids is 1. The molecule has 7 heteroatoms. The summed E-state index contributed by atoms with van der Waals surface area (Å²) >= 11 is 0. The Balaban J connectivity index is 0.000000548. The number of anilines is 2. The van der Waals surface area contributed by atoms with Crippen molar-refractivity contribution in [3.05, 3.63) is 221 Å². The van der Waals surface area contributed by atoms with Crippen molar-refractivity contribution in [3.8, 4) is 33.5 Å². The Morgan fingerprint density at radius 3 is 1.88 bits per heavy atom. The predicted octanol–water partition coefficient (Wildman–Crippen LogP) is 13.7. The number of rotatable bonds is 9. The number of aromatic nitrogens is 3. The van der Waals surface area contributed by atoms with Gasteiger partial charge in [-0.3, -0.25) is 9.97 Å². The van der Waals surface area contributed by atoms with Gasteiger partial charge in [-0.2, -0.15) is 12.1 Å². The molecule has 1 N–H and O–H groups in total. The second kappa shape index (κ2) is 19.5. The molecule has 0 spiro atoms. The topological polar surface area (TPSA) is 79.2 Å². The number of carboxylic acid groups (broad SMARTS) is 1. The third-order valence-corrected chi connectivity index (χ3v) is 12.0. The molecule has 6 nitrogen and oxygen atoms in total. The molecular weight excluding hydrogens is 965 g/mol. The molecule has 4 heterocycles. The van der Waals surface area contributed by atoms with Crippen LogP contribution >= 0.6 is 0 Å². The van der Waals surface area contributed by atoms with Gasteiger partial charge in [0.1, 0.15) is 5.69 Å². The maximum absolute atomic E-state index is 10.1. The van der Waals surface area contributed by atoms with Crippen LogP contribution < -0.4 is 4.90 Å². The van der Waals surface area contributed by atoms with E-state index in [1.165, 1.54) is 45.6 Å². The molecule has 323 valence electrons. The van der Waals surface area contributed by atoms with Crippen molar-refractivity contribution in [3.63, 3.8) is 0 Å². The fourth-order valence-corrected chi connectivity index (χ4v) is 8.98. The Morgan fingerprint density at radius 1 is 0.625 bits per heavy atom. The van der Waals surface area contributed by atoms with Crippen LogP contribution in [0, 0.1) is 12.1 Å². The summed E-state index contributed by atoms with van der Waals surface area (Å²) in [6.07, 6.45) is 3.35. The van der Waals surface area contributed by atoms with E-state index in [0.717, 1.165) is 50.7 Å². The molecule has 8 aromatic rings. The van der Waals surface area contributed by atoms with E-state index in [1.54, 1.807) is 12.1 Å². The fourth-order valence-electron chi connectivity index (χ4n) is 8.98. The average molecular weight is 1020 g/mol. The number of carbonyl (C=O) groups is 1. The Morgan fingerprint density at radius 2 is 1.25 bits per heavy atom. The molecule has 64 heavy (non-hydrogen) atoms. The summed E-state index contributed by atoms with van der Waals surface area (Å²) in [5.74, 6) is 0.140. The zero-order valence-corrected chi connectivity index (χ0v) is 39.7. The SMILES string of the molecule is CC(C)c1ccccc1-c1c[c-]c2c(c1)N(C)c1cc(-c3c(C(C)C)cccc3C(C)C)ccc1[C@]2(c1ccccn1)c1cccc(-c2[c-]cccc2)n1.O=C(O)c1ccccn1.[Ir]. The Labute approximate surface area is 391 Å². The smallest absolute Gasteiger partial charge is 0.354 e. The van der Waals surface area contributed by atoms with Crippen molar-refractivity contribution in [2.45, 2.75) is 64.7 Å². The second-order valence-corrected chi connectivity index (χ2v) is 17.0. The molecule has 0 amide bonds. The first-order valence-corrected chi connectivity index (χ1v) is 21.7. The van der Waals surface area contributed by atoms with Crippen LogP contribution in [0.2, 0.25) is 0 Å². The normalized spacial score (nSPS) is 14.0. The van der Waals surface area contributed by atoms with Crippen molar-refractivity contribution in [1.29, 1.82) is 0 Å². The number of benzene rings is 5. The molecule has 1 atom stereocenters. The van der Waals surface area contributed by atoms with Crippen LogP contribution in [-0.4, -0.2) is 33.1 Å². The third kappa shape index (κ3) is 8.58. The molecular formula is C57H52IrN4O2-2. The summed E-state index contributed by atoms with van der Waals surface area (Å²) in [6, 6.07) is 59.9. The first-order valence-electron chi connectivity index (χ1n) is 21.7. The van der Waals surface area contributed by atoms with Crippen molar-refractivity contribution >= 4 is 17.3 Å². The molecule has 0 unspecified atom stereocenters.